The number of thiazole rings is 1. The number of anilines is 1. The molecule has 0 bridgehead atoms. The van der Waals surface area contributed by atoms with E-state index in [1.165, 1.54) is 54.1 Å². The molecule has 2 heterocycles. The molecule has 0 N–H and O–H groups in total. The van der Waals surface area contributed by atoms with Gasteiger partial charge in [0.05, 0.1) is 40.6 Å². The van der Waals surface area contributed by atoms with E-state index < -0.39 is 10.0 Å². The lowest BCUT2D eigenvalue weighted by atomic mass is 10.1. The first-order chi connectivity index (χ1) is 18.7. The largest absolute Gasteiger partial charge is 0.383 e. The number of hydrogen-bond donors (Lipinski definition) is 0. The van der Waals surface area contributed by atoms with Crippen LogP contribution in [0.2, 0.25) is 0 Å². The van der Waals surface area contributed by atoms with Gasteiger partial charge in [0.15, 0.2) is 5.13 Å². The van der Waals surface area contributed by atoms with Crippen LogP contribution in [0.4, 0.5) is 5.13 Å². The number of nitrogens with zero attached hydrogens (tertiary/aromatic N) is 4. The molecule has 0 unspecified atom stereocenters. The standard InChI is InChI=1S/C28H32N4O5S2/c1-20-17-21(2)26-25(18-20)30-28(38-26)32(19-23-7-5-6-12-29-23)27(33)22-8-10-24(11-9-22)39(34,35)31(13-15-36-3)14-16-37-4/h5-12,17-18H,13-16,19H2,1-4H3. The lowest BCUT2D eigenvalue weighted by Gasteiger charge is -2.22. The Hall–Kier alpha value is -3.22. The van der Waals surface area contributed by atoms with Crippen molar-refractivity contribution in [1.82, 2.24) is 14.3 Å². The van der Waals surface area contributed by atoms with E-state index in [-0.39, 0.29) is 43.7 Å². The van der Waals surface area contributed by atoms with Crippen LogP contribution in [0, 0.1) is 13.8 Å². The Balaban J connectivity index is 1.67. The summed E-state index contributed by atoms with van der Waals surface area (Å²) >= 11 is 1.45. The number of benzene rings is 2. The minimum atomic E-state index is -3.81. The summed E-state index contributed by atoms with van der Waals surface area (Å²) in [6.07, 6.45) is 1.68. The van der Waals surface area contributed by atoms with E-state index in [4.69, 9.17) is 14.5 Å². The monoisotopic (exact) mass is 568 g/mol. The molecule has 39 heavy (non-hydrogen) atoms. The van der Waals surface area contributed by atoms with Crippen molar-refractivity contribution in [2.24, 2.45) is 0 Å². The fraction of sp³-hybridized carbons (Fsp3) is 0.321. The smallest absolute Gasteiger partial charge is 0.260 e. The van der Waals surface area contributed by atoms with Crippen molar-refractivity contribution in [2.45, 2.75) is 25.3 Å². The zero-order valence-corrected chi connectivity index (χ0v) is 24.1. The second kappa shape index (κ2) is 12.8. The van der Waals surface area contributed by atoms with E-state index in [0.717, 1.165) is 21.3 Å². The number of carbonyl (C=O) groups excluding carboxylic acids is 1. The molecule has 0 spiro atoms. The van der Waals surface area contributed by atoms with Crippen LogP contribution >= 0.6 is 11.3 Å². The Morgan fingerprint density at radius 3 is 2.28 bits per heavy atom. The number of aromatic nitrogens is 2. The van der Waals surface area contributed by atoms with Gasteiger partial charge in [-0.2, -0.15) is 4.31 Å². The van der Waals surface area contributed by atoms with Gasteiger partial charge in [-0.25, -0.2) is 13.4 Å². The molecule has 0 aliphatic rings. The molecule has 0 aliphatic carbocycles. The summed E-state index contributed by atoms with van der Waals surface area (Å²) in [5, 5.41) is 0.552. The van der Waals surface area contributed by atoms with E-state index in [1.54, 1.807) is 11.1 Å². The molecule has 11 heteroatoms. The van der Waals surface area contributed by atoms with Gasteiger partial charge < -0.3 is 9.47 Å². The zero-order chi connectivity index (χ0) is 28.0. The Kier molecular flexibility index (Phi) is 9.41. The van der Waals surface area contributed by atoms with Crippen LogP contribution in [0.5, 0.6) is 0 Å². The first-order valence-electron chi connectivity index (χ1n) is 12.4. The lowest BCUT2D eigenvalue weighted by molar-refractivity contribution is 0.0984. The Morgan fingerprint density at radius 1 is 0.974 bits per heavy atom. The van der Waals surface area contributed by atoms with Crippen molar-refractivity contribution in [3.8, 4) is 0 Å². The van der Waals surface area contributed by atoms with Gasteiger partial charge in [-0.05, 0) is 67.4 Å². The molecular weight excluding hydrogens is 536 g/mol. The highest BCUT2D eigenvalue weighted by Gasteiger charge is 2.26. The van der Waals surface area contributed by atoms with Crippen molar-refractivity contribution in [2.75, 3.05) is 45.4 Å². The normalized spacial score (nSPS) is 11.8. The number of amides is 1. The van der Waals surface area contributed by atoms with E-state index in [1.807, 2.05) is 38.1 Å². The Labute approximate surface area is 233 Å². The number of fused-ring (bicyclic) bond motifs is 1. The van der Waals surface area contributed by atoms with Crippen LogP contribution in [0.1, 0.15) is 27.2 Å². The fourth-order valence-corrected chi connectivity index (χ4v) is 6.59. The van der Waals surface area contributed by atoms with Crippen LogP contribution in [-0.2, 0) is 26.0 Å². The third kappa shape index (κ3) is 6.68. The van der Waals surface area contributed by atoms with Gasteiger partial charge in [0.1, 0.15) is 0 Å². The maximum absolute atomic E-state index is 13.8. The summed E-state index contributed by atoms with van der Waals surface area (Å²) < 4.78 is 39.1. The number of sulfonamides is 1. The highest BCUT2D eigenvalue weighted by molar-refractivity contribution is 7.89. The summed E-state index contributed by atoms with van der Waals surface area (Å²) in [5.41, 5.74) is 4.09. The number of carbonyl (C=O) groups is 1. The molecule has 4 aromatic rings. The van der Waals surface area contributed by atoms with Crippen LogP contribution in [0.25, 0.3) is 10.2 Å². The van der Waals surface area contributed by atoms with Crippen LogP contribution in [-0.4, -0.2) is 69.1 Å². The molecule has 0 atom stereocenters. The van der Waals surface area contributed by atoms with Gasteiger partial charge in [0, 0.05) is 39.1 Å². The minimum Gasteiger partial charge on any atom is -0.383 e. The average molecular weight is 569 g/mol. The quantitative estimate of drug-likeness (QED) is 0.249. The van der Waals surface area contributed by atoms with Gasteiger partial charge in [-0.3, -0.25) is 14.7 Å². The Morgan fingerprint density at radius 2 is 1.67 bits per heavy atom. The predicted octanol–water partition coefficient (Wildman–Crippen LogP) is 4.44. The molecule has 0 radical (unpaired) electrons. The van der Waals surface area contributed by atoms with Gasteiger partial charge in [0.2, 0.25) is 10.0 Å². The second-order valence-corrected chi connectivity index (χ2v) is 12.0. The highest BCUT2D eigenvalue weighted by atomic mass is 32.2. The van der Waals surface area contributed by atoms with E-state index >= 15 is 0 Å². The zero-order valence-electron chi connectivity index (χ0n) is 22.5. The molecule has 0 fully saturated rings. The average Bonchev–Trinajstić information content (AvgIpc) is 3.36. The van der Waals surface area contributed by atoms with E-state index in [2.05, 4.69) is 11.1 Å². The summed E-state index contributed by atoms with van der Waals surface area (Å²) in [7, 11) is -0.767. The second-order valence-electron chi connectivity index (χ2n) is 9.05. The van der Waals surface area contributed by atoms with E-state index in [9.17, 15) is 13.2 Å². The molecule has 4 rings (SSSR count). The van der Waals surface area contributed by atoms with Crippen LogP contribution < -0.4 is 4.90 Å². The molecule has 0 saturated heterocycles. The number of ether oxygens (including phenoxy) is 2. The molecule has 2 aromatic carbocycles. The number of methoxy groups -OCH3 is 2. The van der Waals surface area contributed by atoms with Crippen molar-refractivity contribution >= 4 is 42.6 Å². The van der Waals surface area contributed by atoms with Gasteiger partial charge in [0.25, 0.3) is 5.91 Å². The molecular formula is C28H32N4O5S2. The molecule has 2 aromatic heterocycles. The van der Waals surface area contributed by atoms with Crippen LogP contribution in [0.3, 0.4) is 0 Å². The number of hydrogen-bond acceptors (Lipinski definition) is 8. The third-order valence-corrected chi connectivity index (χ3v) is 9.30. The van der Waals surface area contributed by atoms with Crippen molar-refractivity contribution in [1.29, 1.82) is 0 Å². The predicted molar refractivity (Wildman–Crippen MR) is 153 cm³/mol. The minimum absolute atomic E-state index is 0.0913. The van der Waals surface area contributed by atoms with Gasteiger partial charge in [-0.15, -0.1) is 0 Å². The van der Waals surface area contributed by atoms with Crippen molar-refractivity contribution < 1.29 is 22.7 Å². The third-order valence-electron chi connectivity index (χ3n) is 6.16. The summed E-state index contributed by atoms with van der Waals surface area (Å²) in [4.78, 5) is 24.7. The molecule has 0 saturated carbocycles. The van der Waals surface area contributed by atoms with Crippen molar-refractivity contribution in [3.63, 3.8) is 0 Å². The fourth-order valence-electron chi connectivity index (χ4n) is 4.17. The number of aryl methyl sites for hydroxylation is 2. The SMILES string of the molecule is COCCN(CCOC)S(=O)(=O)c1ccc(C(=O)N(Cc2ccccn2)c2nc3cc(C)cc(C)c3s2)cc1. The topological polar surface area (TPSA) is 102 Å². The van der Waals surface area contributed by atoms with Gasteiger partial charge >= 0.3 is 0 Å². The lowest BCUT2D eigenvalue weighted by Crippen LogP contribution is -2.36. The molecule has 0 aliphatic heterocycles. The first kappa shape index (κ1) is 28.8. The maximum Gasteiger partial charge on any atom is 0.260 e. The molecule has 1 amide bonds. The van der Waals surface area contributed by atoms with E-state index in [0.29, 0.717) is 16.4 Å². The number of rotatable bonds is 12. The summed E-state index contributed by atoms with van der Waals surface area (Å²) in [6.45, 7) is 5.16. The number of pyridine rings is 1. The first-order valence-corrected chi connectivity index (χ1v) is 14.7. The molecule has 9 nitrogen and oxygen atoms in total. The summed E-state index contributed by atoms with van der Waals surface area (Å²) in [5.74, 6) is -0.298. The van der Waals surface area contributed by atoms with Crippen molar-refractivity contribution in [3.05, 3.63) is 83.2 Å². The molecule has 206 valence electrons. The Bertz CT molecular complexity index is 1520. The summed E-state index contributed by atoms with van der Waals surface area (Å²) in [6, 6.07) is 15.6. The maximum atomic E-state index is 13.8. The van der Waals surface area contributed by atoms with Gasteiger partial charge in [-0.1, -0.05) is 23.5 Å². The highest BCUT2D eigenvalue weighted by Crippen LogP contribution is 2.33. The van der Waals surface area contributed by atoms with Crippen LogP contribution in [0.15, 0.2) is 65.7 Å².